The average Bonchev–Trinajstić information content (AvgIpc) is 3.64. The molecule has 1 amide bonds. The standard InChI is InChI=1S/C47H43N3O6S3/c1-2-3-4-11-25-48-39-23-19-32(13-12-18-41-44(54)50(30-56-31-51)46(58-41)43-45(55)49(29-42(52)53)47(57)59-43)26-36(39)21-22-37-27-33(20-24-40(37)48)28-38(34-14-7-5-8-15-34)35-16-9-6-10-17-35/h5-10,12-20,23-24,26-28,31H,2-4,11,21-22,25,29-30H2,1H3,(H,52,53)/b13-12+,41-18+,46-43+. The molecule has 0 aliphatic carbocycles. The lowest BCUT2D eigenvalue weighted by atomic mass is 9.94. The van der Waals surface area contributed by atoms with E-state index in [0.717, 1.165) is 64.9 Å². The van der Waals surface area contributed by atoms with Crippen molar-refractivity contribution >= 4 is 98.1 Å². The monoisotopic (exact) mass is 841 g/mol. The second kappa shape index (κ2) is 19.3. The Labute approximate surface area is 356 Å². The molecule has 0 unspecified atom stereocenters. The number of aromatic nitrogens is 1. The quantitative estimate of drug-likeness (QED) is 0.0486. The molecule has 0 radical (unpaired) electrons. The van der Waals surface area contributed by atoms with E-state index in [9.17, 15) is 24.3 Å². The number of carbonyl (C=O) groups excluding carboxylic acids is 2. The molecule has 0 atom stereocenters. The Kier molecular flexibility index (Phi) is 13.5. The Morgan fingerprint density at radius 3 is 2.12 bits per heavy atom. The number of ether oxygens (including phenoxy) is 1. The second-order valence-electron chi connectivity index (χ2n) is 14.2. The molecule has 12 heteroatoms. The summed E-state index contributed by atoms with van der Waals surface area (Å²) in [6.45, 7) is 2.36. The Bertz CT molecular complexity index is 2590. The highest BCUT2D eigenvalue weighted by atomic mass is 32.2. The van der Waals surface area contributed by atoms with Crippen LogP contribution in [0.2, 0.25) is 0 Å². The van der Waals surface area contributed by atoms with E-state index in [1.165, 1.54) is 63.0 Å². The number of hydrogen-bond acceptors (Lipinski definition) is 9. The molecule has 1 fully saturated rings. The molecular weight excluding hydrogens is 799 g/mol. The van der Waals surface area contributed by atoms with Crippen molar-refractivity contribution in [3.63, 3.8) is 0 Å². The van der Waals surface area contributed by atoms with Gasteiger partial charge in [-0.25, -0.2) is 0 Å². The number of aliphatic carboxylic acids is 1. The molecule has 9 nitrogen and oxygen atoms in total. The van der Waals surface area contributed by atoms with E-state index in [4.69, 9.17) is 17.0 Å². The van der Waals surface area contributed by atoms with Crippen LogP contribution in [0, 0.1) is 0 Å². The number of anilines is 2. The zero-order valence-electron chi connectivity index (χ0n) is 32.5. The predicted molar refractivity (Wildman–Crippen MR) is 243 cm³/mol. The third kappa shape index (κ3) is 9.57. The maximum absolute atomic E-state index is 13.5. The number of carboxylic acids is 1. The minimum absolute atomic E-state index is 0.0740. The highest BCUT2D eigenvalue weighted by molar-refractivity contribution is 8.30. The van der Waals surface area contributed by atoms with Gasteiger partial charge >= 0.3 is 5.97 Å². The van der Waals surface area contributed by atoms with Crippen LogP contribution in [0.25, 0.3) is 28.7 Å². The molecule has 7 rings (SSSR count). The highest BCUT2D eigenvalue weighted by Crippen LogP contribution is 2.38. The Morgan fingerprint density at radius 2 is 1.49 bits per heavy atom. The van der Waals surface area contributed by atoms with Gasteiger partial charge in [0, 0.05) is 17.9 Å². The number of hydrogen-bond donors (Lipinski definition) is 1. The second-order valence-corrected chi connectivity index (χ2v) is 16.9. The van der Waals surface area contributed by atoms with Crippen molar-refractivity contribution in [3.05, 3.63) is 156 Å². The van der Waals surface area contributed by atoms with Gasteiger partial charge in [0.2, 0.25) is 0 Å². The zero-order chi connectivity index (χ0) is 41.3. The van der Waals surface area contributed by atoms with Gasteiger partial charge in [0.1, 0.15) is 20.4 Å². The number of aryl methyl sites for hydroxylation is 2. The minimum atomic E-state index is -1.21. The molecule has 0 spiro atoms. The van der Waals surface area contributed by atoms with Crippen LogP contribution < -0.4 is 19.7 Å². The number of nitrogens with zero attached hydrogens (tertiary/aromatic N) is 3. The summed E-state index contributed by atoms with van der Waals surface area (Å²) in [5.41, 5.74) is 10.2. The number of unbranched alkanes of at least 4 members (excludes halogenated alkanes) is 3. The van der Waals surface area contributed by atoms with Gasteiger partial charge < -0.3 is 14.7 Å². The first-order valence-corrected chi connectivity index (χ1v) is 21.6. The Balaban J connectivity index is 1.20. The molecule has 4 aromatic carbocycles. The molecular formula is C47H43N3O6S3. The number of allylic oxidation sites excluding steroid dienone is 1. The molecule has 1 saturated heterocycles. The highest BCUT2D eigenvalue weighted by Gasteiger charge is 2.35. The summed E-state index contributed by atoms with van der Waals surface area (Å²) in [7, 11) is 0. The molecule has 300 valence electrons. The van der Waals surface area contributed by atoms with Crippen molar-refractivity contribution in [3.8, 4) is 0 Å². The lowest BCUT2D eigenvalue weighted by molar-refractivity contribution is -0.140. The summed E-state index contributed by atoms with van der Waals surface area (Å²) in [5, 5.41) is 9.26. The number of thiazole rings is 1. The predicted octanol–water partition coefficient (Wildman–Crippen LogP) is 7.99. The van der Waals surface area contributed by atoms with Crippen LogP contribution in [0.5, 0.6) is 0 Å². The number of amides is 1. The van der Waals surface area contributed by atoms with Crippen molar-refractivity contribution < 1.29 is 24.2 Å². The fourth-order valence-electron chi connectivity index (χ4n) is 7.37. The van der Waals surface area contributed by atoms with E-state index < -0.39 is 30.7 Å². The topological polar surface area (TPSA) is 109 Å². The third-order valence-electron chi connectivity index (χ3n) is 10.2. The van der Waals surface area contributed by atoms with Crippen LogP contribution in [-0.4, -0.2) is 50.3 Å². The smallest absolute Gasteiger partial charge is 0.323 e. The fourth-order valence-corrected chi connectivity index (χ4v) is 9.83. The lowest BCUT2D eigenvalue weighted by Crippen LogP contribution is -2.36. The van der Waals surface area contributed by atoms with Crippen LogP contribution in [-0.2, 0) is 38.7 Å². The van der Waals surface area contributed by atoms with Crippen molar-refractivity contribution in [1.82, 2.24) is 9.47 Å². The van der Waals surface area contributed by atoms with Crippen LogP contribution in [0.1, 0.15) is 66.0 Å². The molecule has 0 saturated carbocycles. The van der Waals surface area contributed by atoms with Crippen LogP contribution >= 0.6 is 35.3 Å². The normalized spacial score (nSPS) is 15.0. The number of fused-ring (bicyclic) bond motifs is 2. The van der Waals surface area contributed by atoms with Gasteiger partial charge in [-0.1, -0.05) is 135 Å². The van der Waals surface area contributed by atoms with Gasteiger partial charge in [0.15, 0.2) is 6.73 Å². The van der Waals surface area contributed by atoms with Crippen molar-refractivity contribution in [2.45, 2.75) is 52.2 Å². The molecule has 0 bridgehead atoms. The Morgan fingerprint density at radius 1 is 0.847 bits per heavy atom. The van der Waals surface area contributed by atoms with E-state index in [0.29, 0.717) is 4.53 Å². The largest absolute Gasteiger partial charge is 0.480 e. The SMILES string of the molecule is CCCCCCN1c2ccc(C=C(c3ccccc3)c3ccccc3)cc2CCc2cc(/C=C/C=c3/s/c(=C4/SC(=S)N(CC(=O)O)C4=O)n(COC=O)c3=O)ccc21. The zero-order valence-corrected chi connectivity index (χ0v) is 35.0. The van der Waals surface area contributed by atoms with Gasteiger partial charge in [-0.15, -0.1) is 11.3 Å². The number of thiocarbonyl (C=S) groups is 1. The number of carbonyl (C=O) groups is 3. The Hall–Kier alpha value is -5.82. The maximum atomic E-state index is 13.5. The fraction of sp³-hybridized carbons (Fsp3) is 0.213. The summed E-state index contributed by atoms with van der Waals surface area (Å²) in [6, 6.07) is 34.4. The van der Waals surface area contributed by atoms with Gasteiger partial charge in [-0.2, -0.15) is 0 Å². The summed E-state index contributed by atoms with van der Waals surface area (Å²) in [5.74, 6) is -1.83. The van der Waals surface area contributed by atoms with Gasteiger partial charge in [0.25, 0.3) is 17.9 Å². The molecule has 2 aliphatic rings. The number of benzene rings is 4. The van der Waals surface area contributed by atoms with E-state index >= 15 is 0 Å². The molecule has 59 heavy (non-hydrogen) atoms. The van der Waals surface area contributed by atoms with E-state index in [1.54, 1.807) is 12.2 Å². The van der Waals surface area contributed by atoms with E-state index in [1.807, 2.05) is 18.2 Å². The third-order valence-corrected chi connectivity index (χ3v) is 12.9. The summed E-state index contributed by atoms with van der Waals surface area (Å²) >= 11 is 7.23. The van der Waals surface area contributed by atoms with Crippen LogP contribution in [0.3, 0.4) is 0 Å². The first-order valence-electron chi connectivity index (χ1n) is 19.5. The van der Waals surface area contributed by atoms with Crippen molar-refractivity contribution in [1.29, 1.82) is 0 Å². The van der Waals surface area contributed by atoms with Crippen molar-refractivity contribution in [2.75, 3.05) is 18.0 Å². The molecule has 3 heterocycles. The number of thioether (sulfide) groups is 1. The van der Waals surface area contributed by atoms with Gasteiger partial charge in [-0.3, -0.25) is 28.6 Å². The summed E-state index contributed by atoms with van der Waals surface area (Å²) in [4.78, 5) is 52.6. The van der Waals surface area contributed by atoms with Crippen LogP contribution in [0.4, 0.5) is 11.4 Å². The maximum Gasteiger partial charge on any atom is 0.323 e. The van der Waals surface area contributed by atoms with E-state index in [-0.39, 0.29) is 20.4 Å². The first kappa shape index (κ1) is 41.3. The number of rotatable bonds is 15. The number of carboxylic acid groups (broad SMARTS) is 1. The summed E-state index contributed by atoms with van der Waals surface area (Å²) in [6.07, 6.45) is 14.1. The summed E-state index contributed by atoms with van der Waals surface area (Å²) < 4.78 is 6.72. The van der Waals surface area contributed by atoms with Gasteiger partial charge in [-0.05, 0) is 94.6 Å². The molecule has 5 aromatic rings. The van der Waals surface area contributed by atoms with Crippen molar-refractivity contribution in [2.24, 2.45) is 0 Å². The lowest BCUT2D eigenvalue weighted by Gasteiger charge is -2.27. The van der Waals surface area contributed by atoms with E-state index in [2.05, 4.69) is 103 Å². The molecule has 1 N–H and O–H groups in total. The molecule has 2 aliphatic heterocycles. The first-order chi connectivity index (χ1) is 28.7. The average molecular weight is 842 g/mol. The van der Waals surface area contributed by atoms with Crippen LogP contribution in [0.15, 0.2) is 108 Å². The molecule has 1 aromatic heterocycles. The minimum Gasteiger partial charge on any atom is -0.480 e. The van der Waals surface area contributed by atoms with Gasteiger partial charge in [0.05, 0.1) is 4.53 Å².